The molecule has 1 atom stereocenters. The zero-order valence-corrected chi connectivity index (χ0v) is 16.0. The van der Waals surface area contributed by atoms with Gasteiger partial charge in [-0.25, -0.2) is 9.13 Å². The summed E-state index contributed by atoms with van der Waals surface area (Å²) < 4.78 is 15.1. The highest BCUT2D eigenvalue weighted by molar-refractivity contribution is 5.73. The first-order chi connectivity index (χ1) is 13.2. The van der Waals surface area contributed by atoms with Gasteiger partial charge in [0.25, 0.3) is 0 Å². The maximum Gasteiger partial charge on any atom is 0.356 e. The Morgan fingerprint density at radius 3 is 2.56 bits per heavy atom. The fraction of sp³-hybridized carbons (Fsp3) is 0.381. The molecule has 1 aromatic heterocycles. The summed E-state index contributed by atoms with van der Waals surface area (Å²) in [5, 5.41) is 10.5. The molecule has 3 N–H and O–H groups in total. The number of imidazole rings is 1. The number of hydrogen-bond donors (Lipinski definition) is 2. The second-order valence-corrected chi connectivity index (χ2v) is 6.58. The molecule has 0 spiro atoms. The summed E-state index contributed by atoms with van der Waals surface area (Å²) >= 11 is 0. The first-order valence-corrected chi connectivity index (χ1v) is 9.36. The van der Waals surface area contributed by atoms with Crippen molar-refractivity contribution in [2.75, 3.05) is 19.5 Å². The van der Waals surface area contributed by atoms with E-state index in [1.165, 1.54) is 0 Å². The van der Waals surface area contributed by atoms with E-state index in [0.717, 1.165) is 30.4 Å². The molecule has 0 saturated heterocycles. The van der Waals surface area contributed by atoms with Gasteiger partial charge in [0.05, 0.1) is 13.7 Å². The Morgan fingerprint density at radius 2 is 1.81 bits per heavy atom. The number of ether oxygens (including phenoxy) is 2. The zero-order valence-electron chi connectivity index (χ0n) is 16.0. The highest BCUT2D eigenvalue weighted by atomic mass is 16.5. The topological polar surface area (TPSA) is 73.5 Å². The number of para-hydroxylation sites is 4. The number of aryl methyl sites for hydroxylation is 1. The number of aliphatic hydroxyl groups is 1. The highest BCUT2D eigenvalue weighted by Crippen LogP contribution is 2.26. The molecule has 3 rings (SSSR count). The van der Waals surface area contributed by atoms with E-state index in [2.05, 4.69) is 17.6 Å². The number of rotatable bonds is 9. The van der Waals surface area contributed by atoms with E-state index >= 15 is 0 Å². The van der Waals surface area contributed by atoms with Crippen molar-refractivity contribution < 1.29 is 19.1 Å². The average Bonchev–Trinajstić information content (AvgIpc) is 2.96. The van der Waals surface area contributed by atoms with Crippen LogP contribution in [0.2, 0.25) is 0 Å². The summed E-state index contributed by atoms with van der Waals surface area (Å²) in [5.74, 6) is 1.91. The van der Waals surface area contributed by atoms with Crippen molar-refractivity contribution in [1.82, 2.24) is 4.57 Å². The molecule has 0 radical (unpaired) electrons. The van der Waals surface area contributed by atoms with Crippen LogP contribution < -0.4 is 19.8 Å². The van der Waals surface area contributed by atoms with Crippen LogP contribution in [0.25, 0.3) is 11.0 Å². The fourth-order valence-corrected chi connectivity index (χ4v) is 3.24. The standard InChI is InChI=1S/C21H27N3O3/c1-3-4-13-23-17-9-5-6-10-18(17)24(21(23)22)14-16(25)15-27-20-12-8-7-11-19(20)26-2/h5-12,16,22,25H,3-4,13-15H2,1-2H3/p+1/t16-/m1/s1. The third-order valence-corrected chi connectivity index (χ3v) is 4.65. The molecule has 1 heterocycles. The van der Waals surface area contributed by atoms with Crippen LogP contribution in [0.3, 0.4) is 0 Å². The number of nitrogens with two attached hydrogens (primary N) is 1. The molecule has 0 saturated carbocycles. The predicted octanol–water partition coefficient (Wildman–Crippen LogP) is 2.76. The van der Waals surface area contributed by atoms with Gasteiger partial charge in [-0.1, -0.05) is 37.6 Å². The number of aliphatic hydroxyl groups excluding tert-OH is 1. The van der Waals surface area contributed by atoms with Gasteiger partial charge in [-0.3, -0.25) is 5.73 Å². The van der Waals surface area contributed by atoms with Crippen LogP contribution in [0.15, 0.2) is 48.5 Å². The van der Waals surface area contributed by atoms with Crippen molar-refractivity contribution in [1.29, 1.82) is 0 Å². The molecule has 3 aromatic rings. The maximum absolute atomic E-state index is 10.5. The van der Waals surface area contributed by atoms with Crippen LogP contribution in [0.4, 0.5) is 5.95 Å². The SMILES string of the molecule is CCCCn1c(N)[n+](C[C@@H](O)COc2ccccc2OC)c2ccccc21. The van der Waals surface area contributed by atoms with Gasteiger partial charge in [0.1, 0.15) is 30.3 Å². The molecule has 144 valence electrons. The lowest BCUT2D eigenvalue weighted by molar-refractivity contribution is -0.665. The Kier molecular flexibility index (Phi) is 6.19. The molecule has 0 fully saturated rings. The van der Waals surface area contributed by atoms with E-state index in [0.29, 0.717) is 24.0 Å². The molecule has 0 amide bonds. The molecule has 27 heavy (non-hydrogen) atoms. The van der Waals surface area contributed by atoms with E-state index in [4.69, 9.17) is 15.2 Å². The van der Waals surface area contributed by atoms with Gasteiger partial charge in [0.2, 0.25) is 0 Å². The number of methoxy groups -OCH3 is 1. The van der Waals surface area contributed by atoms with Crippen LogP contribution in [-0.4, -0.2) is 29.5 Å². The molecule has 0 bridgehead atoms. The van der Waals surface area contributed by atoms with Gasteiger partial charge in [-0.15, -0.1) is 0 Å². The smallest absolute Gasteiger partial charge is 0.356 e. The third kappa shape index (κ3) is 4.17. The van der Waals surface area contributed by atoms with Crippen LogP contribution in [0.1, 0.15) is 19.8 Å². The lowest BCUT2D eigenvalue weighted by atomic mass is 10.3. The maximum atomic E-state index is 10.5. The van der Waals surface area contributed by atoms with Gasteiger partial charge in [0, 0.05) is 0 Å². The van der Waals surface area contributed by atoms with Crippen molar-refractivity contribution >= 4 is 17.0 Å². The van der Waals surface area contributed by atoms with Crippen LogP contribution in [0, 0.1) is 0 Å². The first kappa shape index (κ1) is 19.0. The first-order valence-electron chi connectivity index (χ1n) is 9.36. The van der Waals surface area contributed by atoms with Crippen molar-refractivity contribution in [2.24, 2.45) is 0 Å². The molecular weight excluding hydrogens is 342 g/mol. The van der Waals surface area contributed by atoms with E-state index < -0.39 is 6.10 Å². The van der Waals surface area contributed by atoms with E-state index in [1.54, 1.807) is 7.11 Å². The predicted molar refractivity (Wildman–Crippen MR) is 106 cm³/mol. The number of nitrogen functional groups attached to an aromatic ring is 1. The number of nitrogens with zero attached hydrogens (tertiary/aromatic N) is 2. The molecule has 0 unspecified atom stereocenters. The lowest BCUT2D eigenvalue weighted by Gasteiger charge is -2.14. The average molecular weight is 370 g/mol. The van der Waals surface area contributed by atoms with Crippen LogP contribution in [-0.2, 0) is 13.1 Å². The molecule has 6 heteroatoms. The largest absolute Gasteiger partial charge is 0.493 e. The van der Waals surface area contributed by atoms with Gasteiger partial charge in [0.15, 0.2) is 11.5 Å². The number of unbranched alkanes of at least 4 members (excludes halogenated alkanes) is 1. The molecule has 6 nitrogen and oxygen atoms in total. The summed E-state index contributed by atoms with van der Waals surface area (Å²) in [6, 6.07) is 15.5. The molecule has 0 aliphatic carbocycles. The van der Waals surface area contributed by atoms with Crippen LogP contribution in [0.5, 0.6) is 11.5 Å². The Hall–Kier alpha value is -2.73. The summed E-state index contributed by atoms with van der Waals surface area (Å²) in [4.78, 5) is 0. The van der Waals surface area contributed by atoms with Crippen molar-refractivity contribution in [2.45, 2.75) is 39.0 Å². The lowest BCUT2D eigenvalue weighted by Crippen LogP contribution is -2.43. The molecule has 0 aliphatic heterocycles. The van der Waals surface area contributed by atoms with E-state index in [1.807, 2.05) is 47.0 Å². The van der Waals surface area contributed by atoms with Crippen molar-refractivity contribution in [3.63, 3.8) is 0 Å². The molecule has 0 aliphatic rings. The minimum absolute atomic E-state index is 0.154. The number of hydrogen-bond acceptors (Lipinski definition) is 4. The highest BCUT2D eigenvalue weighted by Gasteiger charge is 2.22. The minimum Gasteiger partial charge on any atom is -0.493 e. The van der Waals surface area contributed by atoms with Gasteiger partial charge >= 0.3 is 5.95 Å². The normalized spacial score (nSPS) is 12.3. The second kappa shape index (κ2) is 8.77. The van der Waals surface area contributed by atoms with E-state index in [-0.39, 0.29) is 6.61 Å². The number of aromatic nitrogens is 2. The summed E-state index contributed by atoms with van der Waals surface area (Å²) in [6.45, 7) is 3.54. The number of anilines is 1. The van der Waals surface area contributed by atoms with Gasteiger partial charge in [-0.05, 0) is 30.7 Å². The van der Waals surface area contributed by atoms with Crippen molar-refractivity contribution in [3.8, 4) is 11.5 Å². The number of benzene rings is 2. The van der Waals surface area contributed by atoms with Gasteiger partial charge < -0.3 is 14.6 Å². The van der Waals surface area contributed by atoms with Gasteiger partial charge in [-0.2, -0.15) is 0 Å². The summed E-state index contributed by atoms with van der Waals surface area (Å²) in [6.07, 6.45) is 1.46. The second-order valence-electron chi connectivity index (χ2n) is 6.58. The fourth-order valence-electron chi connectivity index (χ4n) is 3.24. The quantitative estimate of drug-likeness (QED) is 0.568. The number of fused-ring (bicyclic) bond motifs is 1. The Balaban J connectivity index is 1.76. The Labute approximate surface area is 159 Å². The molecular formula is C21H28N3O3+. The van der Waals surface area contributed by atoms with Crippen molar-refractivity contribution in [3.05, 3.63) is 48.5 Å². The third-order valence-electron chi connectivity index (χ3n) is 4.65. The zero-order chi connectivity index (χ0) is 19.2. The summed E-state index contributed by atoms with van der Waals surface area (Å²) in [5.41, 5.74) is 8.51. The summed E-state index contributed by atoms with van der Waals surface area (Å²) in [7, 11) is 1.60. The Bertz CT molecular complexity index is 892. The van der Waals surface area contributed by atoms with E-state index in [9.17, 15) is 5.11 Å². The minimum atomic E-state index is -0.701. The van der Waals surface area contributed by atoms with Crippen LogP contribution >= 0.6 is 0 Å². The Morgan fingerprint density at radius 1 is 1.11 bits per heavy atom. The molecule has 2 aromatic carbocycles. The monoisotopic (exact) mass is 370 g/mol.